The first-order chi connectivity index (χ1) is 11.1. The molecule has 0 unspecified atom stereocenters. The molecule has 2 aromatic carbocycles. The van der Waals surface area contributed by atoms with E-state index in [1.807, 2.05) is 50.2 Å². The lowest BCUT2D eigenvalue weighted by Gasteiger charge is -2.27. The molecule has 0 saturated heterocycles. The van der Waals surface area contributed by atoms with Gasteiger partial charge in [-0.1, -0.05) is 24.3 Å². The van der Waals surface area contributed by atoms with Crippen LogP contribution in [0.5, 0.6) is 0 Å². The van der Waals surface area contributed by atoms with E-state index in [-0.39, 0.29) is 18.6 Å². The van der Waals surface area contributed by atoms with E-state index in [1.54, 1.807) is 11.0 Å². The molecule has 0 aromatic heterocycles. The number of rotatable bonds is 2. The van der Waals surface area contributed by atoms with Gasteiger partial charge in [-0.15, -0.1) is 0 Å². The topological polar surface area (TPSA) is 53.3 Å². The summed E-state index contributed by atoms with van der Waals surface area (Å²) in [6.45, 7) is 4.53. The third-order valence-electron chi connectivity index (χ3n) is 3.94. The molecule has 0 fully saturated rings. The Morgan fingerprint density at radius 2 is 1.91 bits per heavy atom. The Kier molecular flexibility index (Phi) is 4.14. The Hall–Kier alpha value is -2.64. The molecule has 0 atom stereocenters. The van der Waals surface area contributed by atoms with E-state index in [4.69, 9.17) is 10.00 Å². The summed E-state index contributed by atoms with van der Waals surface area (Å²) in [4.78, 5) is 14.1. The van der Waals surface area contributed by atoms with Crippen LogP contribution in [0.1, 0.15) is 25.0 Å². The monoisotopic (exact) mass is 306 g/mol. The van der Waals surface area contributed by atoms with Crippen molar-refractivity contribution >= 4 is 11.6 Å². The van der Waals surface area contributed by atoms with Crippen molar-refractivity contribution in [2.24, 2.45) is 0 Å². The Labute approximate surface area is 135 Å². The largest absolute Gasteiger partial charge is 0.367 e. The zero-order chi connectivity index (χ0) is 16.4. The van der Waals surface area contributed by atoms with E-state index >= 15 is 0 Å². The maximum Gasteiger partial charge on any atom is 0.253 e. The van der Waals surface area contributed by atoms with Crippen LogP contribution in [0.15, 0.2) is 42.5 Å². The second kappa shape index (κ2) is 6.23. The fourth-order valence-corrected chi connectivity index (χ4v) is 2.88. The molecule has 0 aliphatic carbocycles. The number of carbonyl (C=O) groups is 1. The maximum atomic E-state index is 12.3. The second-order valence-electron chi connectivity index (χ2n) is 5.89. The van der Waals surface area contributed by atoms with Crippen molar-refractivity contribution in [1.29, 1.82) is 5.26 Å². The van der Waals surface area contributed by atoms with Gasteiger partial charge in [0, 0.05) is 11.6 Å². The van der Waals surface area contributed by atoms with Crippen molar-refractivity contribution in [3.8, 4) is 17.2 Å². The molecule has 2 aromatic rings. The summed E-state index contributed by atoms with van der Waals surface area (Å²) in [6, 6.07) is 15.7. The van der Waals surface area contributed by atoms with Crippen molar-refractivity contribution in [2.75, 3.05) is 11.5 Å². The number of hydrogen-bond donors (Lipinski definition) is 0. The summed E-state index contributed by atoms with van der Waals surface area (Å²) in [5, 5.41) is 9.07. The van der Waals surface area contributed by atoms with Crippen LogP contribution in [0.25, 0.3) is 11.1 Å². The molecule has 1 heterocycles. The average Bonchev–Trinajstić information content (AvgIpc) is 2.72. The van der Waals surface area contributed by atoms with E-state index in [0.29, 0.717) is 12.2 Å². The normalized spacial score (nSPS) is 14.3. The summed E-state index contributed by atoms with van der Waals surface area (Å²) in [7, 11) is 0. The number of amides is 1. The van der Waals surface area contributed by atoms with Crippen molar-refractivity contribution in [2.45, 2.75) is 26.5 Å². The highest BCUT2D eigenvalue weighted by molar-refractivity contribution is 5.96. The van der Waals surface area contributed by atoms with Crippen LogP contribution < -0.4 is 4.90 Å². The molecule has 1 aliphatic rings. The average molecular weight is 306 g/mol. The van der Waals surface area contributed by atoms with E-state index < -0.39 is 0 Å². The Morgan fingerprint density at radius 1 is 1.13 bits per heavy atom. The zero-order valence-corrected chi connectivity index (χ0v) is 13.2. The predicted molar refractivity (Wildman–Crippen MR) is 88.9 cm³/mol. The fourth-order valence-electron chi connectivity index (χ4n) is 2.88. The minimum absolute atomic E-state index is 0.0262. The lowest BCUT2D eigenvalue weighted by atomic mass is 10.00. The van der Waals surface area contributed by atoms with Crippen molar-refractivity contribution in [3.63, 3.8) is 0 Å². The second-order valence-corrected chi connectivity index (χ2v) is 5.89. The molecule has 116 valence electrons. The molecule has 0 radical (unpaired) electrons. The SMILES string of the molecule is CC(C)N1C(=O)COCc2ccc(-c3cccc(C#N)c3)cc21. The molecule has 1 aliphatic heterocycles. The number of nitrogens with zero attached hydrogens (tertiary/aromatic N) is 2. The van der Waals surface area contributed by atoms with Gasteiger partial charge in [0.05, 0.1) is 23.9 Å². The molecule has 3 rings (SSSR count). The first-order valence-electron chi connectivity index (χ1n) is 7.63. The van der Waals surface area contributed by atoms with Gasteiger partial charge >= 0.3 is 0 Å². The molecule has 0 N–H and O–H groups in total. The third kappa shape index (κ3) is 2.96. The Bertz CT molecular complexity index is 790. The summed E-state index contributed by atoms with van der Waals surface area (Å²) in [5.74, 6) is -0.0262. The van der Waals surface area contributed by atoms with Crippen LogP contribution in [-0.2, 0) is 16.1 Å². The van der Waals surface area contributed by atoms with E-state index in [9.17, 15) is 4.79 Å². The number of anilines is 1. The smallest absolute Gasteiger partial charge is 0.253 e. The van der Waals surface area contributed by atoms with Crippen LogP contribution >= 0.6 is 0 Å². The predicted octanol–water partition coefficient (Wildman–Crippen LogP) is 3.50. The molecule has 0 bridgehead atoms. The van der Waals surface area contributed by atoms with Crippen LogP contribution in [0.4, 0.5) is 5.69 Å². The van der Waals surface area contributed by atoms with Crippen LogP contribution in [0.3, 0.4) is 0 Å². The van der Waals surface area contributed by atoms with Gasteiger partial charge in [-0.2, -0.15) is 5.26 Å². The highest BCUT2D eigenvalue weighted by atomic mass is 16.5. The summed E-state index contributed by atoms with van der Waals surface area (Å²) < 4.78 is 5.46. The third-order valence-corrected chi connectivity index (χ3v) is 3.94. The molecular weight excluding hydrogens is 288 g/mol. The maximum absolute atomic E-state index is 12.3. The highest BCUT2D eigenvalue weighted by Gasteiger charge is 2.25. The van der Waals surface area contributed by atoms with Crippen molar-refractivity contribution in [3.05, 3.63) is 53.6 Å². The van der Waals surface area contributed by atoms with E-state index in [0.717, 1.165) is 22.4 Å². The number of benzene rings is 2. The number of carbonyl (C=O) groups excluding carboxylic acids is 1. The van der Waals surface area contributed by atoms with Crippen LogP contribution in [0, 0.1) is 11.3 Å². The quantitative estimate of drug-likeness (QED) is 0.853. The first kappa shape index (κ1) is 15.3. The molecule has 1 amide bonds. The lowest BCUT2D eigenvalue weighted by Crippen LogP contribution is -2.38. The molecule has 0 spiro atoms. The number of ether oxygens (including phenoxy) is 1. The van der Waals surface area contributed by atoms with Gasteiger partial charge in [0.25, 0.3) is 5.91 Å². The van der Waals surface area contributed by atoms with Gasteiger partial charge in [0.1, 0.15) is 6.61 Å². The van der Waals surface area contributed by atoms with Gasteiger partial charge < -0.3 is 9.64 Å². The van der Waals surface area contributed by atoms with Crippen LogP contribution in [-0.4, -0.2) is 18.6 Å². The molecule has 23 heavy (non-hydrogen) atoms. The highest BCUT2D eigenvalue weighted by Crippen LogP contribution is 2.32. The van der Waals surface area contributed by atoms with Gasteiger partial charge in [-0.25, -0.2) is 0 Å². The van der Waals surface area contributed by atoms with Crippen molar-refractivity contribution < 1.29 is 9.53 Å². The number of nitriles is 1. The summed E-state index contributed by atoms with van der Waals surface area (Å²) in [5.41, 5.74) is 4.47. The summed E-state index contributed by atoms with van der Waals surface area (Å²) in [6.07, 6.45) is 0. The summed E-state index contributed by atoms with van der Waals surface area (Å²) >= 11 is 0. The minimum atomic E-state index is -0.0262. The number of hydrogen-bond acceptors (Lipinski definition) is 3. The van der Waals surface area contributed by atoms with Gasteiger partial charge in [0.2, 0.25) is 0 Å². The lowest BCUT2D eigenvalue weighted by molar-refractivity contribution is -0.123. The Balaban J connectivity index is 2.11. The van der Waals surface area contributed by atoms with Gasteiger partial charge in [-0.3, -0.25) is 4.79 Å². The Morgan fingerprint density at radius 3 is 2.65 bits per heavy atom. The number of fused-ring (bicyclic) bond motifs is 1. The van der Waals surface area contributed by atoms with Crippen LogP contribution in [0.2, 0.25) is 0 Å². The van der Waals surface area contributed by atoms with E-state index in [1.165, 1.54) is 0 Å². The molecule has 0 saturated carbocycles. The minimum Gasteiger partial charge on any atom is -0.367 e. The zero-order valence-electron chi connectivity index (χ0n) is 13.2. The molecule has 4 heteroatoms. The van der Waals surface area contributed by atoms with Gasteiger partial charge in [0.15, 0.2) is 0 Å². The standard InChI is InChI=1S/C19H18N2O2/c1-13(2)21-18-9-16(15-5-3-4-14(8-15)10-20)6-7-17(18)11-23-12-19(21)22/h3-9,13H,11-12H2,1-2H3. The van der Waals surface area contributed by atoms with E-state index in [2.05, 4.69) is 6.07 Å². The first-order valence-corrected chi connectivity index (χ1v) is 7.63. The molecule has 4 nitrogen and oxygen atoms in total. The molecular formula is C19H18N2O2. The fraction of sp³-hybridized carbons (Fsp3) is 0.263. The van der Waals surface area contributed by atoms with Crippen molar-refractivity contribution in [1.82, 2.24) is 0 Å². The van der Waals surface area contributed by atoms with Gasteiger partial charge in [-0.05, 0) is 43.2 Å².